The Morgan fingerprint density at radius 1 is 1.31 bits per heavy atom. The van der Waals surface area contributed by atoms with E-state index in [1.54, 1.807) is 13.5 Å². The van der Waals surface area contributed by atoms with Crippen molar-refractivity contribution in [3.05, 3.63) is 19.3 Å². The molecule has 0 bridgehead atoms. The van der Waals surface area contributed by atoms with Gasteiger partial charge in [-0.2, -0.15) is 0 Å². The fraction of sp³-hybridized carbons (Fsp3) is 0.556. The first-order valence-corrected chi connectivity index (χ1v) is 4.07. The third kappa shape index (κ3) is 9.04. The largest absolute Gasteiger partial charge is 0.460 e. The second-order valence-electron chi connectivity index (χ2n) is 2.09. The summed E-state index contributed by atoms with van der Waals surface area (Å²) in [6.45, 7) is 8.30. The van der Waals surface area contributed by atoms with Crippen molar-refractivity contribution >= 4 is 5.97 Å². The minimum Gasteiger partial charge on any atom is -0.460 e. The van der Waals surface area contributed by atoms with Crippen LogP contribution in [0, 0.1) is 6.61 Å². The Hall–Kier alpha value is -0.870. The Labute approximate surface area is 78.5 Å². The molecule has 4 heteroatoms. The summed E-state index contributed by atoms with van der Waals surface area (Å²) in [6, 6.07) is 0. The van der Waals surface area contributed by atoms with Gasteiger partial charge >= 0.3 is 5.97 Å². The quantitative estimate of drug-likeness (QED) is 0.322. The molecule has 75 valence electrons. The number of carbonyl (C=O) groups excluding carboxylic acids is 1. The zero-order chi connectivity index (χ0) is 9.94. The van der Waals surface area contributed by atoms with Crippen molar-refractivity contribution in [3.8, 4) is 0 Å². The first-order chi connectivity index (χ1) is 6.31. The average molecular weight is 187 g/mol. The summed E-state index contributed by atoms with van der Waals surface area (Å²) in [5.41, 5.74) is 0. The van der Waals surface area contributed by atoms with Crippen LogP contribution in [0.2, 0.25) is 0 Å². The maximum absolute atomic E-state index is 10.5. The van der Waals surface area contributed by atoms with E-state index in [4.69, 9.17) is 9.47 Å². The predicted molar refractivity (Wildman–Crippen MR) is 47.9 cm³/mol. The summed E-state index contributed by atoms with van der Waals surface area (Å²) in [6.07, 6.45) is 1.12. The second kappa shape index (κ2) is 9.22. The zero-order valence-corrected chi connectivity index (χ0v) is 7.82. The Morgan fingerprint density at radius 3 is 2.62 bits per heavy atom. The molecule has 0 atom stereocenters. The molecule has 0 aromatic heterocycles. The van der Waals surface area contributed by atoms with Crippen LogP contribution in [-0.2, 0) is 19.0 Å². The molecule has 0 saturated heterocycles. The van der Waals surface area contributed by atoms with E-state index in [-0.39, 0.29) is 6.61 Å². The van der Waals surface area contributed by atoms with E-state index in [9.17, 15) is 4.79 Å². The lowest BCUT2D eigenvalue weighted by Gasteiger charge is -2.03. The molecule has 0 unspecified atom stereocenters. The fourth-order valence-electron chi connectivity index (χ4n) is 0.587. The van der Waals surface area contributed by atoms with E-state index in [2.05, 4.69) is 11.3 Å². The minimum absolute atomic E-state index is 0.251. The van der Waals surface area contributed by atoms with Crippen molar-refractivity contribution in [3.63, 3.8) is 0 Å². The molecule has 0 N–H and O–H groups in total. The van der Waals surface area contributed by atoms with Gasteiger partial charge in [0, 0.05) is 6.08 Å². The summed E-state index contributed by atoms with van der Waals surface area (Å²) in [5, 5.41) is 0. The van der Waals surface area contributed by atoms with Crippen molar-refractivity contribution in [1.82, 2.24) is 0 Å². The molecule has 0 rings (SSSR count). The Kier molecular flexibility index (Phi) is 8.60. The standard InChI is InChI=1S/C9H15O4/c1-3-9(10)13-8-7-12-6-5-11-4-2/h3-4H,1,5-8H2,2H3. The number of hydrogen-bond donors (Lipinski definition) is 0. The molecular formula is C9H15O4. The normalized spacial score (nSPS) is 9.62. The van der Waals surface area contributed by atoms with E-state index in [0.29, 0.717) is 19.8 Å². The first kappa shape index (κ1) is 12.1. The number of rotatable bonds is 8. The highest BCUT2D eigenvalue weighted by Gasteiger charge is 1.94. The van der Waals surface area contributed by atoms with E-state index in [1.165, 1.54) is 0 Å². The van der Waals surface area contributed by atoms with Gasteiger partial charge in [-0.15, -0.1) is 0 Å². The lowest BCUT2D eigenvalue weighted by molar-refractivity contribution is -0.139. The van der Waals surface area contributed by atoms with E-state index < -0.39 is 5.97 Å². The Bertz CT molecular complexity index is 145. The van der Waals surface area contributed by atoms with Crippen LogP contribution in [-0.4, -0.2) is 32.4 Å². The fourth-order valence-corrected chi connectivity index (χ4v) is 0.587. The van der Waals surface area contributed by atoms with E-state index in [1.807, 2.05) is 0 Å². The highest BCUT2D eigenvalue weighted by Crippen LogP contribution is 1.83. The maximum Gasteiger partial charge on any atom is 0.330 e. The van der Waals surface area contributed by atoms with Crippen molar-refractivity contribution in [2.24, 2.45) is 0 Å². The van der Waals surface area contributed by atoms with Crippen LogP contribution in [0.3, 0.4) is 0 Å². The van der Waals surface area contributed by atoms with Crippen molar-refractivity contribution < 1.29 is 19.0 Å². The molecule has 0 aliphatic rings. The van der Waals surface area contributed by atoms with Crippen molar-refractivity contribution in [2.45, 2.75) is 6.92 Å². The SMILES string of the molecule is C=CC(=O)OCCOCCO[CH]C. The van der Waals surface area contributed by atoms with Gasteiger partial charge in [-0.05, 0) is 6.92 Å². The van der Waals surface area contributed by atoms with Crippen molar-refractivity contribution in [1.29, 1.82) is 0 Å². The summed E-state index contributed by atoms with van der Waals surface area (Å²) in [5.74, 6) is -0.429. The Morgan fingerprint density at radius 2 is 2.00 bits per heavy atom. The molecule has 0 spiro atoms. The Balaban J connectivity index is 2.99. The van der Waals surface area contributed by atoms with Crippen LogP contribution in [0.1, 0.15) is 6.92 Å². The van der Waals surface area contributed by atoms with Gasteiger partial charge in [0.05, 0.1) is 26.4 Å². The van der Waals surface area contributed by atoms with Gasteiger partial charge in [0.1, 0.15) is 6.61 Å². The minimum atomic E-state index is -0.429. The van der Waals surface area contributed by atoms with Crippen LogP contribution in [0.15, 0.2) is 12.7 Å². The molecule has 0 aliphatic carbocycles. The summed E-state index contributed by atoms with van der Waals surface area (Å²) in [4.78, 5) is 10.5. The smallest absolute Gasteiger partial charge is 0.330 e. The third-order valence-electron chi connectivity index (χ3n) is 1.15. The predicted octanol–water partition coefficient (Wildman–Crippen LogP) is 0.930. The van der Waals surface area contributed by atoms with Gasteiger partial charge in [-0.3, -0.25) is 0 Å². The second-order valence-corrected chi connectivity index (χ2v) is 2.09. The number of hydrogen-bond acceptors (Lipinski definition) is 4. The number of carbonyl (C=O) groups is 1. The molecule has 0 heterocycles. The molecule has 4 nitrogen and oxygen atoms in total. The van der Waals surface area contributed by atoms with Gasteiger partial charge in [0.25, 0.3) is 0 Å². The summed E-state index contributed by atoms with van der Waals surface area (Å²) in [7, 11) is 0. The highest BCUT2D eigenvalue weighted by molar-refractivity contribution is 5.81. The molecule has 13 heavy (non-hydrogen) atoms. The molecule has 0 amide bonds. The monoisotopic (exact) mass is 187 g/mol. The number of ether oxygens (including phenoxy) is 3. The lowest BCUT2D eigenvalue weighted by atomic mass is 10.6. The molecule has 0 fully saturated rings. The molecule has 1 radical (unpaired) electrons. The van der Waals surface area contributed by atoms with Gasteiger partial charge < -0.3 is 14.2 Å². The summed E-state index contributed by atoms with van der Waals surface area (Å²) >= 11 is 0. The van der Waals surface area contributed by atoms with E-state index in [0.717, 1.165) is 6.08 Å². The van der Waals surface area contributed by atoms with Gasteiger partial charge in [0.2, 0.25) is 0 Å². The van der Waals surface area contributed by atoms with Crippen molar-refractivity contribution in [2.75, 3.05) is 26.4 Å². The van der Waals surface area contributed by atoms with E-state index >= 15 is 0 Å². The first-order valence-electron chi connectivity index (χ1n) is 4.07. The molecule has 0 aromatic carbocycles. The topological polar surface area (TPSA) is 44.8 Å². The summed E-state index contributed by atoms with van der Waals surface area (Å²) < 4.78 is 14.6. The lowest BCUT2D eigenvalue weighted by Crippen LogP contribution is -2.10. The van der Waals surface area contributed by atoms with Crippen LogP contribution in [0.25, 0.3) is 0 Å². The molecule has 0 saturated carbocycles. The van der Waals surface area contributed by atoms with Gasteiger partial charge in [-0.25, -0.2) is 4.79 Å². The molecular weight excluding hydrogens is 172 g/mol. The highest BCUT2D eigenvalue weighted by atomic mass is 16.6. The number of esters is 1. The van der Waals surface area contributed by atoms with Crippen LogP contribution < -0.4 is 0 Å². The zero-order valence-electron chi connectivity index (χ0n) is 7.82. The van der Waals surface area contributed by atoms with Gasteiger partial charge in [-0.1, -0.05) is 6.58 Å². The van der Waals surface area contributed by atoms with Gasteiger partial charge in [0.15, 0.2) is 0 Å². The third-order valence-corrected chi connectivity index (χ3v) is 1.15. The van der Waals surface area contributed by atoms with Crippen LogP contribution in [0.5, 0.6) is 0 Å². The van der Waals surface area contributed by atoms with Crippen LogP contribution >= 0.6 is 0 Å². The maximum atomic E-state index is 10.5. The average Bonchev–Trinajstić information content (AvgIpc) is 2.16. The molecule has 0 aromatic rings. The van der Waals surface area contributed by atoms with Crippen LogP contribution in [0.4, 0.5) is 0 Å². The molecule has 0 aliphatic heterocycles.